The quantitative estimate of drug-likeness (QED) is 0.377. The summed E-state index contributed by atoms with van der Waals surface area (Å²) in [6.45, 7) is 7.37. The van der Waals surface area contributed by atoms with Crippen LogP contribution >= 0.6 is 15.9 Å². The molecule has 0 N–H and O–H groups in total. The van der Waals surface area contributed by atoms with Gasteiger partial charge < -0.3 is 9.80 Å². The van der Waals surface area contributed by atoms with Crippen molar-refractivity contribution in [3.63, 3.8) is 0 Å². The Bertz CT molecular complexity index is 1150. The summed E-state index contributed by atoms with van der Waals surface area (Å²) in [5, 5.41) is 0. The molecule has 2 amide bonds. The lowest BCUT2D eigenvalue weighted by Gasteiger charge is -2.39. The van der Waals surface area contributed by atoms with Gasteiger partial charge >= 0.3 is 0 Å². The van der Waals surface area contributed by atoms with Crippen LogP contribution in [0.15, 0.2) is 59.1 Å². The number of hydrogen-bond acceptors (Lipinski definition) is 4. The van der Waals surface area contributed by atoms with Gasteiger partial charge in [0.1, 0.15) is 0 Å². The number of halogens is 1. The molecule has 0 bridgehead atoms. The first kappa shape index (κ1) is 29.3. The Morgan fingerprint density at radius 2 is 1.65 bits per heavy atom. The molecule has 1 saturated heterocycles. The fraction of sp³-hybridized carbons (Fsp3) is 0.500. The molecule has 1 fully saturated rings. The topological polar surface area (TPSA) is 78.0 Å². The average molecular weight is 593 g/mol. The minimum atomic E-state index is -3.53. The number of likely N-dealkylation sites (tertiary alicyclic amines) is 1. The van der Waals surface area contributed by atoms with Crippen LogP contribution in [0.3, 0.4) is 0 Å². The van der Waals surface area contributed by atoms with Crippen LogP contribution in [0, 0.1) is 5.92 Å². The Morgan fingerprint density at radius 3 is 2.24 bits per heavy atom. The molecule has 9 heteroatoms. The summed E-state index contributed by atoms with van der Waals surface area (Å²) in [5.41, 5.74) is 1.62. The second-order valence-corrected chi connectivity index (χ2v) is 13.0. The van der Waals surface area contributed by atoms with Crippen molar-refractivity contribution >= 4 is 37.8 Å². The molecule has 1 heterocycles. The summed E-state index contributed by atoms with van der Waals surface area (Å²) in [5.74, 6) is -0.0877. The third-order valence-corrected chi connectivity index (χ3v) is 9.23. The van der Waals surface area contributed by atoms with E-state index in [9.17, 15) is 18.0 Å². The molecular formula is C28H38BrN3O4S. The predicted octanol–water partition coefficient (Wildman–Crippen LogP) is 4.78. The van der Waals surface area contributed by atoms with Gasteiger partial charge in [-0.1, -0.05) is 63.2 Å². The van der Waals surface area contributed by atoms with Gasteiger partial charge in [0.05, 0.1) is 17.9 Å². The summed E-state index contributed by atoms with van der Waals surface area (Å²) in [6.07, 6.45) is 1.78. The van der Waals surface area contributed by atoms with Crippen LogP contribution in [0.4, 0.5) is 0 Å². The van der Waals surface area contributed by atoms with Gasteiger partial charge in [-0.05, 0) is 58.8 Å². The zero-order valence-corrected chi connectivity index (χ0v) is 24.4. The highest BCUT2D eigenvalue weighted by atomic mass is 79.9. The summed E-state index contributed by atoms with van der Waals surface area (Å²) in [4.78, 5) is 30.4. The van der Waals surface area contributed by atoms with Crippen molar-refractivity contribution in [2.75, 3.05) is 31.9 Å². The van der Waals surface area contributed by atoms with E-state index in [4.69, 9.17) is 0 Å². The van der Waals surface area contributed by atoms with Gasteiger partial charge in [0.2, 0.25) is 15.9 Å². The Kier molecular flexibility index (Phi) is 10.7. The van der Waals surface area contributed by atoms with Crippen LogP contribution in [0.5, 0.6) is 0 Å². The molecule has 0 unspecified atom stereocenters. The molecule has 0 atom stereocenters. The van der Waals surface area contributed by atoms with Crippen LogP contribution in [0.2, 0.25) is 0 Å². The molecular weight excluding hydrogens is 554 g/mol. The molecule has 1 aliphatic rings. The second kappa shape index (κ2) is 13.5. The van der Waals surface area contributed by atoms with Gasteiger partial charge in [0, 0.05) is 36.7 Å². The van der Waals surface area contributed by atoms with E-state index in [0.717, 1.165) is 10.0 Å². The largest absolute Gasteiger partial charge is 0.338 e. The first-order valence-corrected chi connectivity index (χ1v) is 15.4. The molecule has 37 heavy (non-hydrogen) atoms. The normalized spacial score (nSPS) is 14.8. The van der Waals surface area contributed by atoms with Gasteiger partial charge in [-0.15, -0.1) is 0 Å². The van der Waals surface area contributed by atoms with E-state index in [1.54, 1.807) is 0 Å². The zero-order chi connectivity index (χ0) is 27.0. The standard InChI is InChI=1S/C28H38BrN3O4S/c1-4-18-37(35,36)31(19-22(2)3)21-27(33)32(20-23-10-6-5-7-11-23)24-14-16-30(17-15-24)28(34)25-12-8-9-13-26(25)29/h5-13,22,24H,4,14-21H2,1-3H3. The lowest BCUT2D eigenvalue weighted by Crippen LogP contribution is -2.51. The number of carbonyl (C=O) groups excluding carboxylic acids is 2. The van der Waals surface area contributed by atoms with Crippen molar-refractivity contribution in [1.29, 1.82) is 0 Å². The average Bonchev–Trinajstić information content (AvgIpc) is 2.87. The minimum Gasteiger partial charge on any atom is -0.338 e. The molecule has 0 spiro atoms. The summed E-state index contributed by atoms with van der Waals surface area (Å²) < 4.78 is 28.0. The number of amides is 2. The van der Waals surface area contributed by atoms with E-state index in [0.29, 0.717) is 51.0 Å². The monoisotopic (exact) mass is 591 g/mol. The lowest BCUT2D eigenvalue weighted by molar-refractivity contribution is -0.135. The third-order valence-electron chi connectivity index (χ3n) is 6.55. The summed E-state index contributed by atoms with van der Waals surface area (Å²) in [7, 11) is -3.53. The molecule has 2 aromatic carbocycles. The maximum atomic E-state index is 13.7. The first-order chi connectivity index (χ1) is 17.6. The number of carbonyl (C=O) groups is 2. The fourth-order valence-electron chi connectivity index (χ4n) is 4.70. The number of benzene rings is 2. The number of hydrogen-bond donors (Lipinski definition) is 0. The number of sulfonamides is 1. The van der Waals surface area contributed by atoms with Crippen LogP contribution in [-0.2, 0) is 21.4 Å². The van der Waals surface area contributed by atoms with Crippen molar-refractivity contribution < 1.29 is 18.0 Å². The van der Waals surface area contributed by atoms with Gasteiger partial charge in [-0.3, -0.25) is 9.59 Å². The molecule has 2 aromatic rings. The zero-order valence-electron chi connectivity index (χ0n) is 22.0. The van der Waals surface area contributed by atoms with Crippen molar-refractivity contribution in [2.24, 2.45) is 5.92 Å². The van der Waals surface area contributed by atoms with Crippen molar-refractivity contribution in [2.45, 2.75) is 52.6 Å². The SMILES string of the molecule is CCCS(=O)(=O)N(CC(=O)N(Cc1ccccc1)C1CCN(C(=O)c2ccccc2Br)CC1)CC(C)C. The molecule has 3 rings (SSSR count). The summed E-state index contributed by atoms with van der Waals surface area (Å²) >= 11 is 3.47. The molecule has 0 aromatic heterocycles. The Balaban J connectivity index is 1.77. The number of rotatable bonds is 11. The van der Waals surface area contributed by atoms with E-state index >= 15 is 0 Å². The summed E-state index contributed by atoms with van der Waals surface area (Å²) in [6, 6.07) is 17.1. The van der Waals surface area contributed by atoms with Crippen molar-refractivity contribution in [3.05, 3.63) is 70.2 Å². The first-order valence-electron chi connectivity index (χ1n) is 13.0. The molecule has 1 aliphatic heterocycles. The van der Waals surface area contributed by atoms with E-state index < -0.39 is 10.0 Å². The van der Waals surface area contributed by atoms with Gasteiger partial charge in [-0.2, -0.15) is 4.31 Å². The molecule has 0 aliphatic carbocycles. The van der Waals surface area contributed by atoms with Gasteiger partial charge in [0.15, 0.2) is 0 Å². The van der Waals surface area contributed by atoms with Crippen LogP contribution in [0.25, 0.3) is 0 Å². The number of nitrogens with zero attached hydrogens (tertiary/aromatic N) is 3. The van der Waals surface area contributed by atoms with Crippen LogP contribution in [0.1, 0.15) is 56.0 Å². The molecule has 0 radical (unpaired) electrons. The second-order valence-electron chi connectivity index (χ2n) is 10.0. The van der Waals surface area contributed by atoms with Crippen LogP contribution < -0.4 is 0 Å². The van der Waals surface area contributed by atoms with Crippen LogP contribution in [-0.4, -0.2) is 72.3 Å². The minimum absolute atomic E-state index is 0.0272. The predicted molar refractivity (Wildman–Crippen MR) is 151 cm³/mol. The third kappa shape index (κ3) is 8.12. The Hall–Kier alpha value is -2.23. The maximum absolute atomic E-state index is 13.7. The van der Waals surface area contributed by atoms with E-state index in [-0.39, 0.29) is 36.1 Å². The molecule has 7 nitrogen and oxygen atoms in total. The lowest BCUT2D eigenvalue weighted by atomic mass is 10.0. The highest BCUT2D eigenvalue weighted by Crippen LogP contribution is 2.24. The van der Waals surface area contributed by atoms with Crippen molar-refractivity contribution in [1.82, 2.24) is 14.1 Å². The Morgan fingerprint density at radius 1 is 1.03 bits per heavy atom. The van der Waals surface area contributed by atoms with E-state index in [1.807, 2.05) is 85.2 Å². The van der Waals surface area contributed by atoms with Gasteiger partial charge in [0.25, 0.3) is 5.91 Å². The van der Waals surface area contributed by atoms with E-state index in [1.165, 1.54) is 4.31 Å². The smallest absolute Gasteiger partial charge is 0.254 e. The van der Waals surface area contributed by atoms with Crippen molar-refractivity contribution in [3.8, 4) is 0 Å². The molecule has 202 valence electrons. The highest BCUT2D eigenvalue weighted by molar-refractivity contribution is 9.10. The Labute approximate surface area is 230 Å². The molecule has 0 saturated carbocycles. The van der Waals surface area contributed by atoms with E-state index in [2.05, 4.69) is 15.9 Å². The highest BCUT2D eigenvalue weighted by Gasteiger charge is 2.33. The maximum Gasteiger partial charge on any atom is 0.254 e. The number of piperidine rings is 1. The fourth-order valence-corrected chi connectivity index (χ4v) is 6.76. The van der Waals surface area contributed by atoms with Gasteiger partial charge in [-0.25, -0.2) is 8.42 Å².